The molecule has 0 spiro atoms. The monoisotopic (exact) mass is 267 g/mol. The maximum Gasteiger partial charge on any atom is 0.00672 e. The molecule has 0 aromatic heterocycles. The maximum absolute atomic E-state index is 2.78. The second-order valence-electron chi connectivity index (χ2n) is 7.24. The van der Waals surface area contributed by atoms with Gasteiger partial charge in [0.05, 0.1) is 0 Å². The smallest absolute Gasteiger partial charge is 0.00672 e. The van der Waals surface area contributed by atoms with Crippen molar-refractivity contribution in [2.75, 3.05) is 6.54 Å². The van der Waals surface area contributed by atoms with E-state index in [1.165, 1.54) is 45.1 Å². The zero-order chi connectivity index (χ0) is 14.4. The molecular formula is C18H37N. The van der Waals surface area contributed by atoms with Gasteiger partial charge in [0.2, 0.25) is 0 Å². The molecule has 0 N–H and O–H groups in total. The van der Waals surface area contributed by atoms with E-state index in [0.29, 0.717) is 0 Å². The topological polar surface area (TPSA) is 3.24 Å². The zero-order valence-electron chi connectivity index (χ0n) is 14.3. The van der Waals surface area contributed by atoms with Gasteiger partial charge in [0.1, 0.15) is 0 Å². The Bertz CT molecular complexity index is 218. The highest BCUT2D eigenvalue weighted by molar-refractivity contribution is 4.80. The third-order valence-electron chi connectivity index (χ3n) is 5.62. The Morgan fingerprint density at radius 2 is 1.32 bits per heavy atom. The molecule has 0 radical (unpaired) electrons. The summed E-state index contributed by atoms with van der Waals surface area (Å²) in [5, 5.41) is 0. The predicted octanol–water partition coefficient (Wildman–Crippen LogP) is 5.35. The van der Waals surface area contributed by atoms with Crippen LogP contribution >= 0.6 is 0 Å². The average Bonchev–Trinajstić information content (AvgIpc) is 2.43. The van der Waals surface area contributed by atoms with E-state index < -0.39 is 0 Å². The lowest BCUT2D eigenvalue weighted by Gasteiger charge is -2.39. The van der Waals surface area contributed by atoms with Gasteiger partial charge in [-0.3, -0.25) is 4.90 Å². The summed E-state index contributed by atoms with van der Waals surface area (Å²) in [4.78, 5) is 2.78. The normalized spacial score (nSPS) is 27.8. The van der Waals surface area contributed by atoms with Crippen LogP contribution in [0.1, 0.15) is 80.1 Å². The van der Waals surface area contributed by atoms with Crippen LogP contribution in [0.5, 0.6) is 0 Å². The largest absolute Gasteiger partial charge is 0.298 e. The van der Waals surface area contributed by atoms with Crippen molar-refractivity contribution in [2.45, 2.75) is 92.2 Å². The molecule has 1 fully saturated rings. The molecule has 1 rings (SSSR count). The Morgan fingerprint density at radius 3 is 1.68 bits per heavy atom. The van der Waals surface area contributed by atoms with Gasteiger partial charge in [-0.2, -0.15) is 0 Å². The number of nitrogens with zero attached hydrogens (tertiary/aromatic N) is 1. The summed E-state index contributed by atoms with van der Waals surface area (Å²) in [6.07, 6.45) is 8.43. The second-order valence-corrected chi connectivity index (χ2v) is 7.24. The molecule has 1 nitrogen and oxygen atoms in total. The lowest BCUT2D eigenvalue weighted by atomic mass is 9.76. The molecule has 2 atom stereocenters. The van der Waals surface area contributed by atoms with Crippen LogP contribution in [0.15, 0.2) is 0 Å². The van der Waals surface area contributed by atoms with Crippen molar-refractivity contribution < 1.29 is 0 Å². The minimum atomic E-state index is 0.748. The van der Waals surface area contributed by atoms with Crippen molar-refractivity contribution >= 4 is 0 Å². The summed E-state index contributed by atoms with van der Waals surface area (Å²) < 4.78 is 0. The van der Waals surface area contributed by atoms with Gasteiger partial charge in [0.25, 0.3) is 0 Å². The number of hydrogen-bond donors (Lipinski definition) is 0. The van der Waals surface area contributed by atoms with Gasteiger partial charge >= 0.3 is 0 Å². The maximum atomic E-state index is 2.78. The first-order chi connectivity index (χ1) is 8.99. The van der Waals surface area contributed by atoms with Crippen LogP contribution in [0, 0.1) is 17.8 Å². The standard InChI is InChI=1S/C18H37N/c1-7-15(5)19(16(6)8-2)13-17-9-11-18(12-10-17)14(3)4/h14-18H,7-13H2,1-6H3. The van der Waals surface area contributed by atoms with Gasteiger partial charge in [0.15, 0.2) is 0 Å². The lowest BCUT2D eigenvalue weighted by molar-refractivity contribution is 0.0968. The fraction of sp³-hybridized carbons (Fsp3) is 1.00. The number of hydrogen-bond acceptors (Lipinski definition) is 1. The predicted molar refractivity (Wildman–Crippen MR) is 86.5 cm³/mol. The summed E-state index contributed by atoms with van der Waals surface area (Å²) in [5.41, 5.74) is 0. The fourth-order valence-corrected chi connectivity index (χ4v) is 3.60. The molecule has 0 aromatic carbocycles. The third kappa shape index (κ3) is 5.10. The Labute approximate surface area is 122 Å². The molecule has 0 bridgehead atoms. The average molecular weight is 268 g/mol. The van der Waals surface area contributed by atoms with Crippen LogP contribution in [0.25, 0.3) is 0 Å². The molecule has 1 aliphatic rings. The summed E-state index contributed by atoms with van der Waals surface area (Å²) in [6, 6.07) is 1.50. The summed E-state index contributed by atoms with van der Waals surface area (Å²) in [6.45, 7) is 15.6. The van der Waals surface area contributed by atoms with E-state index in [0.717, 1.165) is 29.8 Å². The number of rotatable bonds is 7. The first-order valence-corrected chi connectivity index (χ1v) is 8.75. The Kier molecular flexibility index (Phi) is 7.42. The van der Waals surface area contributed by atoms with E-state index in [2.05, 4.69) is 46.4 Å². The Hall–Kier alpha value is -0.0400. The van der Waals surface area contributed by atoms with Crippen LogP contribution in [0.3, 0.4) is 0 Å². The first kappa shape index (κ1) is 17.0. The van der Waals surface area contributed by atoms with Crippen molar-refractivity contribution in [3.8, 4) is 0 Å². The van der Waals surface area contributed by atoms with Crippen molar-refractivity contribution in [3.63, 3.8) is 0 Å². The molecule has 1 aliphatic carbocycles. The molecule has 0 saturated heterocycles. The highest BCUT2D eigenvalue weighted by Crippen LogP contribution is 2.34. The van der Waals surface area contributed by atoms with Gasteiger partial charge in [-0.05, 0) is 70.1 Å². The van der Waals surface area contributed by atoms with E-state index in [4.69, 9.17) is 0 Å². The molecule has 19 heavy (non-hydrogen) atoms. The van der Waals surface area contributed by atoms with E-state index in [1.54, 1.807) is 0 Å². The van der Waals surface area contributed by atoms with Gasteiger partial charge in [-0.15, -0.1) is 0 Å². The van der Waals surface area contributed by atoms with Gasteiger partial charge < -0.3 is 0 Å². The van der Waals surface area contributed by atoms with Crippen LogP contribution in [0.2, 0.25) is 0 Å². The molecule has 0 amide bonds. The third-order valence-corrected chi connectivity index (χ3v) is 5.62. The SMILES string of the molecule is CCC(C)N(CC1CCC(C(C)C)CC1)C(C)CC. The van der Waals surface area contributed by atoms with Gasteiger partial charge in [-0.1, -0.05) is 27.7 Å². The molecule has 2 unspecified atom stereocenters. The quantitative estimate of drug-likeness (QED) is 0.601. The minimum Gasteiger partial charge on any atom is -0.298 e. The van der Waals surface area contributed by atoms with Crippen molar-refractivity contribution in [1.29, 1.82) is 0 Å². The van der Waals surface area contributed by atoms with Crippen molar-refractivity contribution in [1.82, 2.24) is 4.90 Å². The van der Waals surface area contributed by atoms with Crippen LogP contribution in [-0.2, 0) is 0 Å². The minimum absolute atomic E-state index is 0.748. The molecule has 0 aliphatic heterocycles. The molecule has 0 aromatic rings. The molecule has 0 heterocycles. The Morgan fingerprint density at radius 1 is 0.842 bits per heavy atom. The fourth-order valence-electron chi connectivity index (χ4n) is 3.60. The van der Waals surface area contributed by atoms with Crippen molar-refractivity contribution in [2.24, 2.45) is 17.8 Å². The molecule has 1 saturated carbocycles. The summed E-state index contributed by atoms with van der Waals surface area (Å²) >= 11 is 0. The van der Waals surface area contributed by atoms with E-state index in [-0.39, 0.29) is 0 Å². The second kappa shape index (κ2) is 8.29. The van der Waals surface area contributed by atoms with Crippen molar-refractivity contribution in [3.05, 3.63) is 0 Å². The lowest BCUT2D eigenvalue weighted by Crippen LogP contribution is -2.43. The molecule has 114 valence electrons. The Balaban J connectivity index is 2.47. The van der Waals surface area contributed by atoms with Gasteiger partial charge in [-0.25, -0.2) is 0 Å². The van der Waals surface area contributed by atoms with E-state index >= 15 is 0 Å². The van der Waals surface area contributed by atoms with Crippen LogP contribution in [0.4, 0.5) is 0 Å². The van der Waals surface area contributed by atoms with Gasteiger partial charge in [0, 0.05) is 18.6 Å². The molecule has 1 heteroatoms. The zero-order valence-corrected chi connectivity index (χ0v) is 14.3. The van der Waals surface area contributed by atoms with Crippen LogP contribution in [-0.4, -0.2) is 23.5 Å². The van der Waals surface area contributed by atoms with Crippen LogP contribution < -0.4 is 0 Å². The molecular weight excluding hydrogens is 230 g/mol. The van der Waals surface area contributed by atoms with E-state index in [1.807, 2.05) is 0 Å². The highest BCUT2D eigenvalue weighted by Gasteiger charge is 2.27. The highest BCUT2D eigenvalue weighted by atomic mass is 15.2. The summed E-state index contributed by atoms with van der Waals surface area (Å²) in [5.74, 6) is 2.84. The van der Waals surface area contributed by atoms with E-state index in [9.17, 15) is 0 Å². The summed E-state index contributed by atoms with van der Waals surface area (Å²) in [7, 11) is 0. The first-order valence-electron chi connectivity index (χ1n) is 8.75.